The average molecular weight is 438 g/mol. The van der Waals surface area contributed by atoms with Crippen LogP contribution in [0.15, 0.2) is 64.6 Å². The third-order valence-electron chi connectivity index (χ3n) is 4.25. The molecule has 0 unspecified atom stereocenters. The van der Waals surface area contributed by atoms with Crippen LogP contribution >= 0.6 is 22.9 Å². The number of hydrogen-bond donors (Lipinski definition) is 0. The maximum atomic E-state index is 12.2. The molecule has 0 radical (unpaired) electrons. The molecule has 0 N–H and O–H groups in total. The van der Waals surface area contributed by atoms with Crippen molar-refractivity contribution in [3.63, 3.8) is 0 Å². The summed E-state index contributed by atoms with van der Waals surface area (Å²) in [5.41, 5.74) is 3.04. The van der Waals surface area contributed by atoms with Crippen molar-refractivity contribution in [2.75, 3.05) is 4.90 Å². The number of benzene rings is 2. The Balaban J connectivity index is 1.64. The number of thiazole rings is 1. The van der Waals surface area contributed by atoms with E-state index in [0.29, 0.717) is 21.5 Å². The van der Waals surface area contributed by atoms with E-state index in [-0.39, 0.29) is 17.5 Å². The highest BCUT2D eigenvalue weighted by Gasteiger charge is 2.25. The zero-order chi connectivity index (χ0) is 21.3. The lowest BCUT2D eigenvalue weighted by Crippen LogP contribution is -2.22. The summed E-state index contributed by atoms with van der Waals surface area (Å²) in [6.45, 7) is 3.41. The van der Waals surface area contributed by atoms with Crippen LogP contribution in [0.2, 0.25) is 5.02 Å². The first-order valence-corrected chi connectivity index (χ1v) is 10.3. The number of carbonyl (C=O) groups is 2. The van der Waals surface area contributed by atoms with Crippen LogP contribution in [-0.4, -0.2) is 22.8 Å². The smallest absolute Gasteiger partial charge is 0.363 e. The molecule has 30 heavy (non-hydrogen) atoms. The Bertz CT molecular complexity index is 1220. The van der Waals surface area contributed by atoms with E-state index in [9.17, 15) is 9.59 Å². The van der Waals surface area contributed by atoms with Gasteiger partial charge in [0.2, 0.25) is 11.8 Å². The molecule has 0 saturated heterocycles. The fourth-order valence-electron chi connectivity index (χ4n) is 2.94. The molecule has 150 valence electrons. The summed E-state index contributed by atoms with van der Waals surface area (Å²) in [5.74, 6) is -0.486. The average Bonchev–Trinajstić information content (AvgIpc) is 3.29. The second-order valence-electron chi connectivity index (χ2n) is 6.59. The van der Waals surface area contributed by atoms with Crippen molar-refractivity contribution in [1.29, 1.82) is 0 Å². The molecular formula is C22H16ClN3O3S. The van der Waals surface area contributed by atoms with Crippen LogP contribution in [0.1, 0.15) is 23.7 Å². The number of esters is 1. The van der Waals surface area contributed by atoms with Crippen LogP contribution in [0.3, 0.4) is 0 Å². The van der Waals surface area contributed by atoms with E-state index in [1.165, 1.54) is 23.2 Å². The summed E-state index contributed by atoms with van der Waals surface area (Å²) < 4.78 is 5.30. The molecule has 1 aliphatic heterocycles. The predicted molar refractivity (Wildman–Crippen MR) is 118 cm³/mol. The maximum Gasteiger partial charge on any atom is 0.363 e. The SMILES string of the molecule is CC(=O)N(c1cccc(Cl)c1)c1nc(C=C2N=C(c3cccc(C)c3)OC2=O)cs1. The highest BCUT2D eigenvalue weighted by Crippen LogP contribution is 2.31. The van der Waals surface area contributed by atoms with Gasteiger partial charge in [-0.3, -0.25) is 9.69 Å². The number of ether oxygens (including phenoxy) is 1. The third-order valence-corrected chi connectivity index (χ3v) is 5.33. The molecular weight excluding hydrogens is 422 g/mol. The lowest BCUT2D eigenvalue weighted by atomic mass is 10.1. The minimum atomic E-state index is -0.542. The van der Waals surface area contributed by atoms with Crippen molar-refractivity contribution in [3.8, 4) is 0 Å². The van der Waals surface area contributed by atoms with Gasteiger partial charge in [-0.1, -0.05) is 35.4 Å². The summed E-state index contributed by atoms with van der Waals surface area (Å²) in [6.07, 6.45) is 1.54. The second-order valence-corrected chi connectivity index (χ2v) is 7.87. The number of aliphatic imine (C=N–C) groups is 1. The molecule has 1 aromatic heterocycles. The number of carbonyl (C=O) groups excluding carboxylic acids is 2. The minimum Gasteiger partial charge on any atom is -0.402 e. The molecule has 0 bridgehead atoms. The van der Waals surface area contributed by atoms with Gasteiger partial charge in [0, 0.05) is 22.9 Å². The maximum absolute atomic E-state index is 12.2. The molecule has 6 nitrogen and oxygen atoms in total. The van der Waals surface area contributed by atoms with E-state index in [2.05, 4.69) is 9.98 Å². The molecule has 2 aromatic carbocycles. The molecule has 0 fully saturated rings. The van der Waals surface area contributed by atoms with E-state index in [0.717, 1.165) is 11.1 Å². The molecule has 3 aromatic rings. The lowest BCUT2D eigenvalue weighted by molar-refractivity contribution is -0.130. The highest BCUT2D eigenvalue weighted by molar-refractivity contribution is 7.14. The first-order chi connectivity index (χ1) is 14.4. The number of cyclic esters (lactones) is 1. The highest BCUT2D eigenvalue weighted by atomic mass is 35.5. The summed E-state index contributed by atoms with van der Waals surface area (Å²) in [6, 6.07) is 14.5. The molecule has 4 rings (SSSR count). The van der Waals surface area contributed by atoms with Crippen LogP contribution in [0, 0.1) is 6.92 Å². The molecule has 0 atom stereocenters. The van der Waals surface area contributed by atoms with Gasteiger partial charge in [-0.05, 0) is 43.3 Å². The zero-order valence-corrected chi connectivity index (χ0v) is 17.7. The monoisotopic (exact) mass is 437 g/mol. The van der Waals surface area contributed by atoms with Gasteiger partial charge in [-0.25, -0.2) is 14.8 Å². The van der Waals surface area contributed by atoms with Crippen LogP contribution in [-0.2, 0) is 14.3 Å². The topological polar surface area (TPSA) is 71.9 Å². The summed E-state index contributed by atoms with van der Waals surface area (Å²) >= 11 is 7.34. The Kier molecular flexibility index (Phi) is 5.48. The predicted octanol–water partition coefficient (Wildman–Crippen LogP) is 5.13. The quantitative estimate of drug-likeness (QED) is 0.418. The first kappa shape index (κ1) is 20.0. The fourth-order valence-corrected chi connectivity index (χ4v) is 3.97. The van der Waals surface area contributed by atoms with E-state index in [4.69, 9.17) is 16.3 Å². The largest absolute Gasteiger partial charge is 0.402 e. The van der Waals surface area contributed by atoms with Crippen molar-refractivity contribution in [3.05, 3.63) is 81.5 Å². The number of aryl methyl sites for hydroxylation is 1. The Hall–Kier alpha value is -3.29. The van der Waals surface area contributed by atoms with E-state index < -0.39 is 5.97 Å². The Morgan fingerprint density at radius 2 is 2.00 bits per heavy atom. The van der Waals surface area contributed by atoms with Gasteiger partial charge in [0.25, 0.3) is 0 Å². The van der Waals surface area contributed by atoms with Crippen molar-refractivity contribution in [2.45, 2.75) is 13.8 Å². The summed E-state index contributed by atoms with van der Waals surface area (Å²) in [7, 11) is 0. The number of nitrogens with zero attached hydrogens (tertiary/aromatic N) is 3. The van der Waals surface area contributed by atoms with Crippen LogP contribution in [0.5, 0.6) is 0 Å². The van der Waals surface area contributed by atoms with E-state index in [1.807, 2.05) is 31.2 Å². The number of amides is 1. The van der Waals surface area contributed by atoms with Crippen LogP contribution in [0.4, 0.5) is 10.8 Å². The minimum absolute atomic E-state index is 0.153. The van der Waals surface area contributed by atoms with Gasteiger partial charge in [0.15, 0.2) is 10.8 Å². The van der Waals surface area contributed by atoms with E-state index >= 15 is 0 Å². The van der Waals surface area contributed by atoms with Gasteiger partial charge >= 0.3 is 5.97 Å². The molecule has 0 saturated carbocycles. The number of anilines is 2. The molecule has 1 aliphatic rings. The summed E-state index contributed by atoms with van der Waals surface area (Å²) in [5, 5.41) is 2.73. The van der Waals surface area contributed by atoms with Gasteiger partial charge in [0.05, 0.1) is 11.4 Å². The Labute approximate surface area is 182 Å². The lowest BCUT2D eigenvalue weighted by Gasteiger charge is -2.18. The second kappa shape index (κ2) is 8.22. The van der Waals surface area contributed by atoms with Gasteiger partial charge in [0.1, 0.15) is 0 Å². The van der Waals surface area contributed by atoms with Gasteiger partial charge in [-0.15, -0.1) is 11.3 Å². The number of aromatic nitrogens is 1. The van der Waals surface area contributed by atoms with Gasteiger partial charge < -0.3 is 4.74 Å². The summed E-state index contributed by atoms with van der Waals surface area (Å²) in [4.78, 5) is 34.7. The van der Waals surface area contributed by atoms with Crippen molar-refractivity contribution < 1.29 is 14.3 Å². The number of hydrogen-bond acceptors (Lipinski definition) is 6. The van der Waals surface area contributed by atoms with Gasteiger partial charge in [-0.2, -0.15) is 0 Å². The van der Waals surface area contributed by atoms with Crippen LogP contribution in [0.25, 0.3) is 6.08 Å². The van der Waals surface area contributed by atoms with Crippen LogP contribution < -0.4 is 4.90 Å². The third kappa shape index (κ3) is 4.17. The molecule has 1 amide bonds. The Morgan fingerprint density at radius 3 is 2.73 bits per heavy atom. The standard InChI is InChI=1S/C22H16ClN3O3S/c1-13-5-3-6-15(9-13)20-25-19(21(28)29-20)11-17-12-30-22(24-17)26(14(2)27)18-8-4-7-16(23)10-18/h3-12H,1-2H3. The normalized spacial score (nSPS) is 14.6. The molecule has 0 aliphatic carbocycles. The van der Waals surface area contributed by atoms with Crippen molar-refractivity contribution in [1.82, 2.24) is 4.98 Å². The number of halogens is 1. The van der Waals surface area contributed by atoms with E-state index in [1.54, 1.807) is 35.7 Å². The zero-order valence-electron chi connectivity index (χ0n) is 16.1. The van der Waals surface area contributed by atoms with Crippen molar-refractivity contribution in [2.24, 2.45) is 4.99 Å². The molecule has 0 spiro atoms. The molecule has 8 heteroatoms. The Morgan fingerprint density at radius 1 is 1.20 bits per heavy atom. The molecule has 2 heterocycles. The van der Waals surface area contributed by atoms with Crippen molar-refractivity contribution >= 4 is 57.6 Å². The first-order valence-electron chi connectivity index (χ1n) is 9.02. The fraction of sp³-hybridized carbons (Fsp3) is 0.0909. The number of rotatable bonds is 4.